The Bertz CT molecular complexity index is 1230. The lowest BCUT2D eigenvalue weighted by Crippen LogP contribution is -2.38. The number of aliphatic hydroxyl groups is 3. The molecule has 12 heteroatoms. The van der Waals surface area contributed by atoms with Crippen molar-refractivity contribution < 1.29 is 39.9 Å². The Kier molecular flexibility index (Phi) is 15.9. The Balaban J connectivity index is 0.00000968. The van der Waals surface area contributed by atoms with Gasteiger partial charge in [-0.1, -0.05) is 38.2 Å². The Morgan fingerprint density at radius 3 is 2.43 bits per heavy atom. The maximum absolute atomic E-state index is 13.6. The zero-order valence-corrected chi connectivity index (χ0v) is 26.5. The molecule has 1 heterocycles. The number of rotatable bonds is 7. The number of nitrogens with zero attached hydrogens (tertiary/aromatic N) is 2. The minimum absolute atomic E-state index is 0. The standard InChI is InChI=1S/C32H46N4O7.H2O/c1-19-12-24(17-38)29(40)21(3)14-22(4)31(43-18-33)23(16-37)9-7-8-20(2)32(42)35-26-15-27(39)28(25(13-19)30(26)41)34-10-11-36(5)6;/h7-9,14-15,19,21,23-24,29,31,34,37-38,40H,10-13,16-17H2,1-6H3,(H,35,42);1H2/b9-7-,20-8+,22-14+;/t19-,21+,23+,24-,29-,31+;/m0./s1. The van der Waals surface area contributed by atoms with Crippen LogP contribution in [0.15, 0.2) is 58.5 Å². The predicted molar refractivity (Wildman–Crippen MR) is 165 cm³/mol. The number of amides is 1. The van der Waals surface area contributed by atoms with Crippen molar-refractivity contribution in [2.24, 2.45) is 23.7 Å². The lowest BCUT2D eigenvalue weighted by molar-refractivity contribution is -0.120. The molecule has 44 heavy (non-hydrogen) atoms. The fourth-order valence-corrected chi connectivity index (χ4v) is 5.36. The van der Waals surface area contributed by atoms with Crippen molar-refractivity contribution in [2.45, 2.75) is 52.7 Å². The SMILES string of the molecule is C/C1=C\C=C/[C@H](CO)[C@H](OC#N)/C(C)=C/[C@@H](C)[C@H](O)[C@H](CO)C[C@H](C)CC2=C(NCCN(C)C)C(=O)C=C(NC1=O)C2=O.O. The van der Waals surface area contributed by atoms with Gasteiger partial charge in [0.15, 0.2) is 0 Å². The van der Waals surface area contributed by atoms with Crippen LogP contribution in [0.1, 0.15) is 40.5 Å². The van der Waals surface area contributed by atoms with Crippen LogP contribution in [0.5, 0.6) is 0 Å². The third-order valence-electron chi connectivity index (χ3n) is 7.78. The molecule has 0 aromatic rings. The number of nitrogens with one attached hydrogen (secondary N) is 2. The van der Waals surface area contributed by atoms with Crippen molar-refractivity contribution in [1.29, 1.82) is 5.26 Å². The van der Waals surface area contributed by atoms with E-state index >= 15 is 0 Å². The highest BCUT2D eigenvalue weighted by Gasteiger charge is 2.33. The molecular weight excluding hydrogens is 568 g/mol. The van der Waals surface area contributed by atoms with Gasteiger partial charge in [-0.25, -0.2) is 0 Å². The number of fused-ring (bicyclic) bond motifs is 2. The van der Waals surface area contributed by atoms with Crippen LogP contribution in [0.3, 0.4) is 0 Å². The third kappa shape index (κ3) is 10.5. The zero-order valence-electron chi connectivity index (χ0n) is 26.5. The predicted octanol–water partition coefficient (Wildman–Crippen LogP) is 0.678. The number of nitriles is 1. The summed E-state index contributed by atoms with van der Waals surface area (Å²) in [5.74, 6) is -3.35. The van der Waals surface area contributed by atoms with Crippen LogP contribution < -0.4 is 10.6 Å². The van der Waals surface area contributed by atoms with Crippen molar-refractivity contribution in [2.75, 3.05) is 40.4 Å². The van der Waals surface area contributed by atoms with Gasteiger partial charge in [0.25, 0.3) is 12.2 Å². The number of Topliss-reactive ketones (excluding diaryl/α,β-unsaturated/α-hetero) is 1. The fourth-order valence-electron chi connectivity index (χ4n) is 5.36. The third-order valence-corrected chi connectivity index (χ3v) is 7.78. The van der Waals surface area contributed by atoms with Crippen LogP contribution in [-0.4, -0.2) is 95.8 Å². The molecule has 0 saturated carbocycles. The van der Waals surface area contributed by atoms with E-state index in [1.807, 2.05) is 25.9 Å². The first-order valence-corrected chi connectivity index (χ1v) is 14.6. The largest absolute Gasteiger partial charge is 0.419 e. The minimum Gasteiger partial charge on any atom is -0.419 e. The average molecular weight is 617 g/mol. The number of aliphatic hydroxyl groups excluding tert-OH is 3. The van der Waals surface area contributed by atoms with E-state index in [-0.39, 0.29) is 53.6 Å². The Morgan fingerprint density at radius 1 is 1.16 bits per heavy atom. The summed E-state index contributed by atoms with van der Waals surface area (Å²) >= 11 is 0. The second-order valence-corrected chi connectivity index (χ2v) is 11.7. The van der Waals surface area contributed by atoms with Gasteiger partial charge >= 0.3 is 0 Å². The van der Waals surface area contributed by atoms with E-state index in [2.05, 4.69) is 10.6 Å². The number of likely N-dealkylation sites (N-methyl/N-ethyl adjacent to an activating group) is 1. The maximum atomic E-state index is 13.6. The van der Waals surface area contributed by atoms with Crippen LogP contribution in [0.2, 0.25) is 0 Å². The van der Waals surface area contributed by atoms with E-state index in [1.54, 1.807) is 45.3 Å². The number of ether oxygens (including phenoxy) is 1. The summed E-state index contributed by atoms with van der Waals surface area (Å²) in [5, 5.41) is 46.4. The number of ketones is 2. The molecule has 6 atom stereocenters. The van der Waals surface area contributed by atoms with Crippen molar-refractivity contribution >= 4 is 17.5 Å². The molecular formula is C32H48N4O8. The molecule has 2 bridgehead atoms. The maximum Gasteiger partial charge on any atom is 0.286 e. The fraction of sp³-hybridized carbons (Fsp3) is 0.562. The normalized spacial score (nSPS) is 30.6. The van der Waals surface area contributed by atoms with Crippen LogP contribution in [-0.2, 0) is 19.1 Å². The molecule has 7 N–H and O–H groups in total. The number of hydrogen-bond donors (Lipinski definition) is 5. The van der Waals surface area contributed by atoms with Crippen LogP contribution in [0.4, 0.5) is 0 Å². The second-order valence-electron chi connectivity index (χ2n) is 11.7. The highest BCUT2D eigenvalue weighted by atomic mass is 16.5. The number of carbonyl (C=O) groups is 3. The van der Waals surface area contributed by atoms with Gasteiger partial charge in [-0.2, -0.15) is 5.26 Å². The number of hydrogen-bond acceptors (Lipinski definition) is 10. The Morgan fingerprint density at radius 2 is 1.84 bits per heavy atom. The van der Waals surface area contributed by atoms with Crippen molar-refractivity contribution in [1.82, 2.24) is 15.5 Å². The highest BCUT2D eigenvalue weighted by molar-refractivity contribution is 6.23. The van der Waals surface area contributed by atoms with Crippen LogP contribution in [0, 0.1) is 35.2 Å². The second kappa shape index (κ2) is 18.3. The Labute approximate surface area is 259 Å². The molecule has 2 rings (SSSR count). The quantitative estimate of drug-likeness (QED) is 0.154. The first-order valence-electron chi connectivity index (χ1n) is 14.6. The number of carbonyl (C=O) groups excluding carboxylic acids is 3. The molecule has 1 aliphatic carbocycles. The van der Waals surface area contributed by atoms with Gasteiger partial charge in [0, 0.05) is 54.7 Å². The molecule has 244 valence electrons. The lowest BCUT2D eigenvalue weighted by Gasteiger charge is -2.29. The topological polar surface area (TPSA) is 204 Å². The van der Waals surface area contributed by atoms with E-state index < -0.39 is 47.4 Å². The molecule has 0 spiro atoms. The monoisotopic (exact) mass is 616 g/mol. The summed E-state index contributed by atoms with van der Waals surface area (Å²) in [6.07, 6.45) is 7.95. The number of allylic oxidation sites excluding steroid dienone is 4. The molecule has 0 aromatic heterocycles. The van der Waals surface area contributed by atoms with Gasteiger partial charge in [-0.15, -0.1) is 0 Å². The smallest absolute Gasteiger partial charge is 0.286 e. The molecule has 0 unspecified atom stereocenters. The van der Waals surface area contributed by atoms with Gasteiger partial charge in [0.1, 0.15) is 6.10 Å². The molecule has 0 radical (unpaired) electrons. The lowest BCUT2D eigenvalue weighted by atomic mass is 9.81. The molecule has 12 nitrogen and oxygen atoms in total. The van der Waals surface area contributed by atoms with Gasteiger partial charge in [-0.3, -0.25) is 14.4 Å². The average Bonchev–Trinajstić information content (AvgIpc) is 2.95. The molecule has 1 aliphatic heterocycles. The van der Waals surface area contributed by atoms with Gasteiger partial charge in [0.2, 0.25) is 11.6 Å². The van der Waals surface area contributed by atoms with E-state index in [0.29, 0.717) is 25.1 Å². The van der Waals surface area contributed by atoms with Crippen LogP contribution >= 0.6 is 0 Å². The zero-order chi connectivity index (χ0) is 32.3. The van der Waals surface area contributed by atoms with E-state index in [1.165, 1.54) is 6.08 Å². The molecule has 1 amide bonds. The molecule has 0 fully saturated rings. The van der Waals surface area contributed by atoms with Crippen molar-refractivity contribution in [3.63, 3.8) is 0 Å². The summed E-state index contributed by atoms with van der Waals surface area (Å²) in [6.45, 7) is 7.34. The van der Waals surface area contributed by atoms with E-state index in [9.17, 15) is 35.0 Å². The van der Waals surface area contributed by atoms with Crippen LogP contribution in [0.25, 0.3) is 0 Å². The van der Waals surface area contributed by atoms with E-state index in [0.717, 1.165) is 6.08 Å². The van der Waals surface area contributed by atoms with Gasteiger partial charge in [0.05, 0.1) is 24.1 Å². The molecule has 2 aliphatic rings. The van der Waals surface area contributed by atoms with E-state index in [4.69, 9.17) is 4.74 Å². The Hall–Kier alpha value is -3.60. The summed E-state index contributed by atoms with van der Waals surface area (Å²) in [4.78, 5) is 41.8. The van der Waals surface area contributed by atoms with Crippen molar-refractivity contribution in [3.8, 4) is 6.26 Å². The first kappa shape index (κ1) is 38.4. The van der Waals surface area contributed by atoms with Gasteiger partial charge in [-0.05, 0) is 52.3 Å². The molecule has 0 aromatic carbocycles. The summed E-state index contributed by atoms with van der Waals surface area (Å²) in [5.41, 5.74) is 1.15. The molecule has 0 saturated heterocycles. The van der Waals surface area contributed by atoms with Crippen molar-refractivity contribution in [3.05, 3.63) is 58.5 Å². The summed E-state index contributed by atoms with van der Waals surface area (Å²) in [7, 11) is 3.79. The minimum atomic E-state index is -0.967. The van der Waals surface area contributed by atoms with Gasteiger partial charge < -0.3 is 41.1 Å². The highest BCUT2D eigenvalue weighted by Crippen LogP contribution is 2.30. The summed E-state index contributed by atoms with van der Waals surface area (Å²) in [6, 6.07) is 0. The summed E-state index contributed by atoms with van der Waals surface area (Å²) < 4.78 is 5.28. The first-order chi connectivity index (χ1) is 20.3.